The van der Waals surface area contributed by atoms with Crippen LogP contribution >= 0.6 is 9.85 Å². The fourth-order valence-corrected chi connectivity index (χ4v) is 0. The van der Waals surface area contributed by atoms with Crippen molar-refractivity contribution in [2.75, 3.05) is 0 Å². The molecule has 1 radical (unpaired) electrons. The molecule has 0 N–H and O–H groups in total. The summed E-state index contributed by atoms with van der Waals surface area (Å²) in [5.74, 6) is 0. The van der Waals surface area contributed by atoms with E-state index in [-0.39, 0.29) is 18.6 Å². The molecule has 0 atom stereocenters. The van der Waals surface area contributed by atoms with Gasteiger partial charge in [-0.2, -0.15) is 0 Å². The van der Waals surface area contributed by atoms with Crippen LogP contribution in [0.1, 0.15) is 0 Å². The van der Waals surface area contributed by atoms with Gasteiger partial charge in [0.25, 0.3) is 0 Å². The molecule has 0 unspecified atom stereocenters. The molecule has 1 nitrogen and oxygen atoms in total. The van der Waals surface area contributed by atoms with Gasteiger partial charge in [-0.3, -0.25) is 0 Å². The Morgan fingerprint density at radius 1 is 1.75 bits per heavy atom. The molecule has 0 rings (SSSR count). The van der Waals surface area contributed by atoms with E-state index in [1.54, 1.807) is 0 Å². The Bertz CT molecular complexity index is 13.5. The first-order chi connectivity index (χ1) is 1.41. The number of rotatable bonds is 0. The summed E-state index contributed by atoms with van der Waals surface area (Å²) in [7, 11) is 4.54. The maximum atomic E-state index is 8.79. The molecule has 0 aromatic rings. The number of hydrogen-bond acceptors (Lipinski definition) is 1. The Balaban J connectivity index is 0. The van der Waals surface area contributed by atoms with E-state index >= 15 is 0 Å². The Kier molecular flexibility index (Phi) is 19.9. The van der Waals surface area contributed by atoms with Crippen LogP contribution in [0, 0.1) is 0 Å². The average molecular weight is 153 g/mol. The van der Waals surface area contributed by atoms with Gasteiger partial charge in [-0.05, 0) is 0 Å². The summed E-state index contributed by atoms with van der Waals surface area (Å²) in [6.07, 6.45) is 0. The Hall–Kier alpha value is 1.26. The van der Waals surface area contributed by atoms with Gasteiger partial charge in [0, 0.05) is 18.6 Å². The van der Waals surface area contributed by atoms with Gasteiger partial charge in [0.05, 0.1) is 0 Å². The molecule has 0 saturated heterocycles. The number of hydrogen-bond donors (Lipinski definition) is 0. The van der Waals surface area contributed by atoms with Gasteiger partial charge >= 0.3 is 28.8 Å². The van der Waals surface area contributed by atoms with E-state index in [9.17, 15) is 0 Å². The molecule has 0 bridgehead atoms. The Morgan fingerprint density at radius 2 is 1.75 bits per heavy atom. The van der Waals surface area contributed by atoms with E-state index in [4.69, 9.17) is 3.67 Å². The maximum Gasteiger partial charge on any atom is 0 e. The zero-order valence-electron chi connectivity index (χ0n) is 1.68. The number of halogens is 1. The van der Waals surface area contributed by atoms with Crippen molar-refractivity contribution < 1.29 is 37.5 Å². The van der Waals surface area contributed by atoms with Crippen molar-refractivity contribution in [1.29, 1.82) is 0 Å². The first-order valence-corrected chi connectivity index (χ1v) is 2.84. The third-order valence-electron chi connectivity index (χ3n) is 0. The predicted molar refractivity (Wildman–Crippen MR) is 6.54 cm³/mol. The van der Waals surface area contributed by atoms with E-state index in [1.165, 1.54) is 0 Å². The molecule has 0 spiro atoms. The third kappa shape index (κ3) is 10.5. The molecule has 0 amide bonds. The van der Waals surface area contributed by atoms with E-state index < -0.39 is 15.3 Å². The van der Waals surface area contributed by atoms with Gasteiger partial charge in [0.15, 0.2) is 0 Å². The average Bonchev–Trinajstić information content (AvgIpc) is 0.918. The predicted octanol–water partition coefficient (Wildman–Crippen LogP) is 0.566. The molecule has 0 saturated carbocycles. The molecular weight excluding hydrogens is 153 g/mol. The van der Waals surface area contributed by atoms with E-state index in [0.29, 0.717) is 0 Å². The fourth-order valence-electron chi connectivity index (χ4n) is 0. The summed E-state index contributed by atoms with van der Waals surface area (Å²) in [4.78, 5) is 0. The van der Waals surface area contributed by atoms with Crippen molar-refractivity contribution in [3.8, 4) is 0 Å². The van der Waals surface area contributed by atoms with Gasteiger partial charge in [0.1, 0.15) is 0 Å². The smallest absolute Gasteiger partial charge is 0 e. The Labute approximate surface area is 47.4 Å². The molecule has 23 valence electrons. The quantitative estimate of drug-likeness (QED) is 0.497. The topological polar surface area (TPSA) is 17.1 Å². The molecule has 4 heteroatoms. The minimum Gasteiger partial charge on any atom is 0 e. The van der Waals surface area contributed by atoms with Crippen LogP contribution in [0.4, 0.5) is 0 Å². The van der Waals surface area contributed by atoms with E-state index in [2.05, 4.69) is 9.85 Å². The van der Waals surface area contributed by atoms with Crippen molar-refractivity contribution in [2.45, 2.75) is 0 Å². The van der Waals surface area contributed by atoms with Crippen LogP contribution in [0.2, 0.25) is 0 Å². The molecule has 0 fully saturated rings. The minimum absolute atomic E-state index is 0. The van der Waals surface area contributed by atoms with E-state index in [1.807, 2.05) is 0 Å². The van der Waals surface area contributed by atoms with Crippen molar-refractivity contribution in [2.24, 2.45) is 0 Å². The van der Waals surface area contributed by atoms with Crippen LogP contribution in [0.5, 0.6) is 0 Å². The second-order valence-corrected chi connectivity index (χ2v) is 0.854. The summed E-state index contributed by atoms with van der Waals surface area (Å²) >= 11 is -1.09. The standard InChI is InChI=1S/ClH.O.2V/h1H;;;/q;;;+1/p-1. The first kappa shape index (κ1) is 8.98. The van der Waals surface area contributed by atoms with Crippen LogP contribution in [0.3, 0.4) is 0 Å². The molecule has 0 aliphatic heterocycles. The van der Waals surface area contributed by atoms with Crippen LogP contribution in [0.25, 0.3) is 0 Å². The largest absolute Gasteiger partial charge is 0 e. The molecule has 0 heterocycles. The van der Waals surface area contributed by atoms with E-state index in [0.717, 1.165) is 0 Å². The van der Waals surface area contributed by atoms with Gasteiger partial charge in [-0.15, -0.1) is 0 Å². The van der Waals surface area contributed by atoms with Crippen molar-refractivity contribution >= 4 is 9.85 Å². The zero-order chi connectivity index (χ0) is 2.71. The Morgan fingerprint density at radius 3 is 1.75 bits per heavy atom. The molecule has 0 aromatic heterocycles. The summed E-state index contributed by atoms with van der Waals surface area (Å²) in [6, 6.07) is 0. The van der Waals surface area contributed by atoms with Crippen molar-refractivity contribution in [1.82, 2.24) is 0 Å². The van der Waals surface area contributed by atoms with Gasteiger partial charge < -0.3 is 0 Å². The normalized spacial score (nSPS) is 3.25. The zero-order valence-corrected chi connectivity index (χ0v) is 5.23. The van der Waals surface area contributed by atoms with Gasteiger partial charge in [0.2, 0.25) is 0 Å². The molecule has 4 heavy (non-hydrogen) atoms. The minimum atomic E-state index is -1.09. The third-order valence-corrected chi connectivity index (χ3v) is 0. The second-order valence-electron chi connectivity index (χ2n) is 0.0690. The monoisotopic (exact) mass is 153 g/mol. The summed E-state index contributed by atoms with van der Waals surface area (Å²) in [5, 5.41) is 0. The van der Waals surface area contributed by atoms with Gasteiger partial charge in [-0.1, -0.05) is 0 Å². The summed E-state index contributed by atoms with van der Waals surface area (Å²) in [6.45, 7) is 0. The second kappa shape index (κ2) is 8.86. The summed E-state index contributed by atoms with van der Waals surface area (Å²) < 4.78 is 8.79. The molecule has 0 aliphatic carbocycles. The van der Waals surface area contributed by atoms with Crippen LogP contribution in [-0.2, 0) is 37.5 Å². The van der Waals surface area contributed by atoms with Crippen LogP contribution in [-0.4, -0.2) is 0 Å². The molecule has 0 aliphatic rings. The van der Waals surface area contributed by atoms with Crippen LogP contribution in [0.15, 0.2) is 0 Å². The SMILES string of the molecule is [O]=[V][Cl].[V]. The van der Waals surface area contributed by atoms with Gasteiger partial charge in [-0.25, -0.2) is 0 Å². The summed E-state index contributed by atoms with van der Waals surface area (Å²) in [5.41, 5.74) is 0. The fraction of sp³-hybridized carbons (Fsp3) is 0. The van der Waals surface area contributed by atoms with Crippen molar-refractivity contribution in [3.05, 3.63) is 0 Å². The molecule has 0 aromatic carbocycles. The first-order valence-electron chi connectivity index (χ1n) is 0.352. The van der Waals surface area contributed by atoms with Crippen molar-refractivity contribution in [3.63, 3.8) is 0 Å². The van der Waals surface area contributed by atoms with Crippen LogP contribution < -0.4 is 0 Å². The maximum absolute atomic E-state index is 8.79. The molecular formula is ClOV2.